The highest BCUT2D eigenvalue weighted by Crippen LogP contribution is 2.32. The van der Waals surface area contributed by atoms with E-state index in [2.05, 4.69) is 29.9 Å². The summed E-state index contributed by atoms with van der Waals surface area (Å²) in [5, 5.41) is 4.34. The number of methoxy groups -OCH3 is 1. The number of thiophene rings is 1. The molecule has 1 aromatic heterocycles. The van der Waals surface area contributed by atoms with Gasteiger partial charge in [0.25, 0.3) is 0 Å². The van der Waals surface area contributed by atoms with Crippen molar-refractivity contribution in [3.8, 4) is 11.2 Å². The summed E-state index contributed by atoms with van der Waals surface area (Å²) >= 11 is 1.44. The monoisotopic (exact) mass is 292 g/mol. The minimum Gasteiger partial charge on any atom is -0.465 e. The summed E-state index contributed by atoms with van der Waals surface area (Å²) in [6.45, 7) is 0. The van der Waals surface area contributed by atoms with Crippen molar-refractivity contribution in [2.45, 2.75) is 0 Å². The van der Waals surface area contributed by atoms with Crippen LogP contribution in [-0.4, -0.2) is 31.8 Å². The Kier molecular flexibility index (Phi) is 3.88. The molecule has 2 aromatic rings. The minimum atomic E-state index is -0.820. The van der Waals surface area contributed by atoms with Crippen LogP contribution in [0.5, 0.6) is 0 Å². The molecular formula is C15H16O2S2. The van der Waals surface area contributed by atoms with E-state index in [0.29, 0.717) is 4.88 Å². The van der Waals surface area contributed by atoms with Gasteiger partial charge in [-0.3, -0.25) is 0 Å². The third-order valence-electron chi connectivity index (χ3n) is 2.41. The Labute approximate surface area is 119 Å². The first-order valence-electron chi connectivity index (χ1n) is 5.72. The van der Waals surface area contributed by atoms with E-state index in [9.17, 15) is 4.79 Å². The van der Waals surface area contributed by atoms with Gasteiger partial charge in [-0.05, 0) is 47.6 Å². The molecule has 0 radical (unpaired) electrons. The largest absolute Gasteiger partial charge is 0.465 e. The predicted octanol–water partition coefficient (Wildman–Crippen LogP) is 3.69. The summed E-state index contributed by atoms with van der Waals surface area (Å²) in [7, 11) is 0.579. The van der Waals surface area contributed by atoms with Gasteiger partial charge in [0.15, 0.2) is 0 Å². The molecule has 1 heterocycles. The maximum Gasteiger partial charge on any atom is 0.348 e. The van der Waals surface area contributed by atoms with E-state index in [1.807, 2.05) is 24.3 Å². The highest BCUT2D eigenvalue weighted by molar-refractivity contribution is 8.35. The molecule has 2 rings (SSSR count). The number of carbonyl (C=O) groups excluding carboxylic acids is 1. The highest BCUT2D eigenvalue weighted by atomic mass is 32.3. The summed E-state index contributed by atoms with van der Waals surface area (Å²) in [5.41, 5.74) is 0.994. The molecule has 0 bridgehead atoms. The van der Waals surface area contributed by atoms with Crippen LogP contribution in [0.4, 0.5) is 0 Å². The molecular weight excluding hydrogens is 276 g/mol. The molecule has 2 nitrogen and oxygen atoms in total. The molecule has 100 valence electrons. The quantitative estimate of drug-likeness (QED) is 0.592. The fourth-order valence-corrected chi connectivity index (χ4v) is 2.97. The lowest BCUT2D eigenvalue weighted by molar-refractivity contribution is 0.0606. The van der Waals surface area contributed by atoms with Crippen LogP contribution < -0.4 is 0 Å². The van der Waals surface area contributed by atoms with E-state index in [1.165, 1.54) is 18.4 Å². The summed E-state index contributed by atoms with van der Waals surface area (Å²) in [6, 6.07) is 7.89. The van der Waals surface area contributed by atoms with E-state index < -0.39 is 10.0 Å². The van der Waals surface area contributed by atoms with Crippen molar-refractivity contribution in [2.24, 2.45) is 0 Å². The standard InChI is InChI=1S/C15H16O2S2/c1-17-15(16)14-10-12-6-5-11(9-13(12)18-14)7-8-19(2,3)4/h5-6,9-10H,1-4H3. The molecule has 0 atom stereocenters. The van der Waals surface area contributed by atoms with Gasteiger partial charge in [-0.1, -0.05) is 12.0 Å². The average Bonchev–Trinajstić information content (AvgIpc) is 2.77. The lowest BCUT2D eigenvalue weighted by Crippen LogP contribution is -1.96. The molecule has 0 fully saturated rings. The number of hydrogen-bond donors (Lipinski definition) is 0. The summed E-state index contributed by atoms with van der Waals surface area (Å²) in [4.78, 5) is 12.1. The van der Waals surface area contributed by atoms with Crippen molar-refractivity contribution in [1.29, 1.82) is 0 Å². The zero-order valence-corrected chi connectivity index (χ0v) is 13.1. The Morgan fingerprint density at radius 3 is 2.63 bits per heavy atom. The second kappa shape index (κ2) is 5.28. The van der Waals surface area contributed by atoms with Crippen LogP contribution >= 0.6 is 21.4 Å². The third kappa shape index (κ3) is 3.52. The Morgan fingerprint density at radius 2 is 2.00 bits per heavy atom. The van der Waals surface area contributed by atoms with Crippen LogP contribution in [0.3, 0.4) is 0 Å². The molecule has 0 N–H and O–H groups in total. The average molecular weight is 292 g/mol. The minimum absolute atomic E-state index is 0.284. The van der Waals surface area contributed by atoms with Gasteiger partial charge in [-0.25, -0.2) is 4.79 Å². The topological polar surface area (TPSA) is 26.3 Å². The molecule has 0 saturated carbocycles. The zero-order valence-electron chi connectivity index (χ0n) is 11.4. The molecule has 0 aliphatic carbocycles. The summed E-state index contributed by atoms with van der Waals surface area (Å²) < 4.78 is 5.80. The van der Waals surface area contributed by atoms with Gasteiger partial charge in [-0.2, -0.15) is 10.0 Å². The maximum absolute atomic E-state index is 11.5. The zero-order chi connectivity index (χ0) is 14.0. The van der Waals surface area contributed by atoms with Crippen molar-refractivity contribution in [3.63, 3.8) is 0 Å². The molecule has 0 spiro atoms. The molecule has 1 aromatic carbocycles. The number of rotatable bonds is 1. The fraction of sp³-hybridized carbons (Fsp3) is 0.267. The van der Waals surface area contributed by atoms with Gasteiger partial charge in [0.05, 0.1) is 7.11 Å². The summed E-state index contributed by atoms with van der Waals surface area (Å²) in [5.74, 6) is 2.92. The van der Waals surface area contributed by atoms with E-state index in [0.717, 1.165) is 15.6 Å². The van der Waals surface area contributed by atoms with Crippen LogP contribution in [0.15, 0.2) is 24.3 Å². The maximum atomic E-state index is 11.5. The molecule has 4 heteroatoms. The Bertz CT molecular complexity index is 681. The lowest BCUT2D eigenvalue weighted by Gasteiger charge is -2.14. The number of carbonyl (C=O) groups is 1. The predicted molar refractivity (Wildman–Crippen MR) is 85.4 cm³/mol. The van der Waals surface area contributed by atoms with Crippen LogP contribution in [-0.2, 0) is 4.74 Å². The van der Waals surface area contributed by atoms with Gasteiger partial charge in [0.2, 0.25) is 0 Å². The Morgan fingerprint density at radius 1 is 1.26 bits per heavy atom. The van der Waals surface area contributed by atoms with E-state index in [1.54, 1.807) is 0 Å². The van der Waals surface area contributed by atoms with Gasteiger partial charge in [-0.15, -0.1) is 11.3 Å². The van der Waals surface area contributed by atoms with Gasteiger partial charge in [0.1, 0.15) is 4.88 Å². The Balaban J connectivity index is 2.40. The number of esters is 1. The smallest absolute Gasteiger partial charge is 0.348 e. The van der Waals surface area contributed by atoms with Crippen molar-refractivity contribution in [1.82, 2.24) is 0 Å². The van der Waals surface area contributed by atoms with Gasteiger partial charge in [0, 0.05) is 10.3 Å². The third-order valence-corrected chi connectivity index (χ3v) is 4.20. The first kappa shape index (κ1) is 14.0. The van der Waals surface area contributed by atoms with Crippen molar-refractivity contribution in [2.75, 3.05) is 25.9 Å². The van der Waals surface area contributed by atoms with E-state index >= 15 is 0 Å². The van der Waals surface area contributed by atoms with E-state index in [-0.39, 0.29) is 5.97 Å². The molecule has 0 amide bonds. The second-order valence-corrected chi connectivity index (χ2v) is 9.88. The Hall–Kier alpha value is -1.44. The van der Waals surface area contributed by atoms with Gasteiger partial charge >= 0.3 is 5.97 Å². The van der Waals surface area contributed by atoms with Crippen LogP contribution in [0.1, 0.15) is 15.2 Å². The molecule has 0 unspecified atom stereocenters. The first-order chi connectivity index (χ1) is 8.89. The normalized spacial score (nSPS) is 11.8. The van der Waals surface area contributed by atoms with Crippen molar-refractivity contribution >= 4 is 37.4 Å². The van der Waals surface area contributed by atoms with Crippen molar-refractivity contribution < 1.29 is 9.53 Å². The lowest BCUT2D eigenvalue weighted by atomic mass is 10.2. The first-order valence-corrected chi connectivity index (χ1v) is 9.39. The molecule has 0 saturated heterocycles. The number of ether oxygens (including phenoxy) is 1. The summed E-state index contributed by atoms with van der Waals surface area (Å²) in [6.07, 6.45) is 6.50. The van der Waals surface area contributed by atoms with E-state index in [4.69, 9.17) is 4.74 Å². The fourth-order valence-electron chi connectivity index (χ4n) is 1.52. The SMILES string of the molecule is COC(=O)c1cc2ccc(C#CS(C)(C)C)cc2s1. The van der Waals surface area contributed by atoms with Gasteiger partial charge < -0.3 is 4.74 Å². The number of benzene rings is 1. The highest BCUT2D eigenvalue weighted by Gasteiger charge is 2.10. The number of hydrogen-bond acceptors (Lipinski definition) is 3. The van der Waals surface area contributed by atoms with Crippen LogP contribution in [0.25, 0.3) is 10.1 Å². The van der Waals surface area contributed by atoms with Crippen molar-refractivity contribution in [3.05, 3.63) is 34.7 Å². The second-order valence-electron chi connectivity index (χ2n) is 4.92. The molecule has 0 aliphatic heterocycles. The molecule has 19 heavy (non-hydrogen) atoms. The number of fused-ring (bicyclic) bond motifs is 1. The molecule has 0 aliphatic rings. The van der Waals surface area contributed by atoms with Crippen LogP contribution in [0.2, 0.25) is 0 Å². The van der Waals surface area contributed by atoms with Crippen LogP contribution in [0, 0.1) is 11.2 Å².